The molecule has 90 valence electrons. The molecule has 0 saturated carbocycles. The standard InChI is InChI=1S/C14H19N3/c1-11-10-14(15-8-9-17(2)3)12-6-4-5-7-13(12)16-11/h4-7,10H,8-9H2,1-3H3,(H,15,16)/p+1. The van der Waals surface area contributed by atoms with Crippen molar-refractivity contribution in [3.63, 3.8) is 0 Å². The van der Waals surface area contributed by atoms with Gasteiger partial charge in [0.1, 0.15) is 0 Å². The van der Waals surface area contributed by atoms with E-state index in [0.717, 1.165) is 24.3 Å². The molecule has 1 aromatic carbocycles. The van der Waals surface area contributed by atoms with Crippen molar-refractivity contribution in [2.45, 2.75) is 6.92 Å². The van der Waals surface area contributed by atoms with Crippen LogP contribution >= 0.6 is 0 Å². The van der Waals surface area contributed by atoms with Gasteiger partial charge in [0.25, 0.3) is 0 Å². The number of nitrogens with one attached hydrogen (secondary N) is 2. The number of rotatable bonds is 4. The first kappa shape index (κ1) is 11.9. The van der Waals surface area contributed by atoms with Gasteiger partial charge in [0, 0.05) is 16.8 Å². The Morgan fingerprint density at radius 1 is 1.24 bits per heavy atom. The van der Waals surface area contributed by atoms with Crippen molar-refractivity contribution in [1.82, 2.24) is 4.98 Å². The minimum Gasteiger partial charge on any atom is -0.379 e. The minimum absolute atomic E-state index is 0.982. The highest BCUT2D eigenvalue weighted by molar-refractivity contribution is 5.91. The van der Waals surface area contributed by atoms with Gasteiger partial charge in [-0.2, -0.15) is 0 Å². The lowest BCUT2D eigenvalue weighted by Gasteiger charge is -2.12. The summed E-state index contributed by atoms with van der Waals surface area (Å²) in [6, 6.07) is 10.4. The molecule has 0 saturated heterocycles. The van der Waals surface area contributed by atoms with E-state index in [2.05, 4.69) is 48.7 Å². The van der Waals surface area contributed by atoms with Crippen LogP contribution < -0.4 is 10.2 Å². The maximum Gasteiger partial charge on any atom is 0.0942 e. The summed E-state index contributed by atoms with van der Waals surface area (Å²) < 4.78 is 0. The predicted octanol–water partition coefficient (Wildman–Crippen LogP) is 1.10. The summed E-state index contributed by atoms with van der Waals surface area (Å²) in [6.07, 6.45) is 0. The summed E-state index contributed by atoms with van der Waals surface area (Å²) in [4.78, 5) is 5.99. The monoisotopic (exact) mass is 230 g/mol. The number of hydrogen-bond donors (Lipinski definition) is 2. The molecule has 0 atom stereocenters. The molecule has 0 amide bonds. The van der Waals surface area contributed by atoms with Crippen molar-refractivity contribution in [2.75, 3.05) is 32.5 Å². The molecule has 1 heterocycles. The zero-order chi connectivity index (χ0) is 12.3. The number of benzene rings is 1. The second-order valence-electron chi connectivity index (χ2n) is 4.71. The number of fused-ring (bicyclic) bond motifs is 1. The fourth-order valence-electron chi connectivity index (χ4n) is 1.90. The molecule has 0 aliphatic carbocycles. The summed E-state index contributed by atoms with van der Waals surface area (Å²) in [7, 11) is 4.33. The first-order valence-corrected chi connectivity index (χ1v) is 6.06. The number of anilines is 1. The van der Waals surface area contributed by atoms with E-state index in [9.17, 15) is 0 Å². The van der Waals surface area contributed by atoms with Gasteiger partial charge in [-0.15, -0.1) is 0 Å². The number of likely N-dealkylation sites (N-methyl/N-ethyl adjacent to an activating group) is 1. The number of para-hydroxylation sites is 1. The molecule has 0 unspecified atom stereocenters. The average Bonchev–Trinajstić information content (AvgIpc) is 2.28. The van der Waals surface area contributed by atoms with Gasteiger partial charge in [-0.1, -0.05) is 18.2 Å². The Labute approximate surface area is 102 Å². The van der Waals surface area contributed by atoms with Crippen LogP contribution in [0.5, 0.6) is 0 Å². The van der Waals surface area contributed by atoms with Crippen LogP contribution in [0, 0.1) is 6.92 Å². The van der Waals surface area contributed by atoms with Gasteiger partial charge >= 0.3 is 0 Å². The van der Waals surface area contributed by atoms with Gasteiger partial charge in [0.05, 0.1) is 32.7 Å². The predicted molar refractivity (Wildman–Crippen MR) is 72.6 cm³/mol. The number of nitrogens with zero attached hydrogens (tertiary/aromatic N) is 1. The lowest BCUT2D eigenvalue weighted by atomic mass is 10.1. The summed E-state index contributed by atoms with van der Waals surface area (Å²) in [5.41, 5.74) is 3.31. The smallest absolute Gasteiger partial charge is 0.0942 e. The average molecular weight is 230 g/mol. The van der Waals surface area contributed by atoms with Gasteiger partial charge in [-0.25, -0.2) is 0 Å². The van der Waals surface area contributed by atoms with E-state index in [4.69, 9.17) is 0 Å². The van der Waals surface area contributed by atoms with Crippen molar-refractivity contribution < 1.29 is 4.90 Å². The number of quaternary nitrogens is 1. The van der Waals surface area contributed by atoms with Gasteiger partial charge < -0.3 is 10.2 Å². The molecular weight excluding hydrogens is 210 g/mol. The van der Waals surface area contributed by atoms with Crippen LogP contribution in [0.3, 0.4) is 0 Å². The number of hydrogen-bond acceptors (Lipinski definition) is 2. The van der Waals surface area contributed by atoms with Gasteiger partial charge in [0.2, 0.25) is 0 Å². The van der Waals surface area contributed by atoms with E-state index in [1.807, 2.05) is 13.0 Å². The molecule has 0 spiro atoms. The summed E-state index contributed by atoms with van der Waals surface area (Å²) in [5.74, 6) is 0. The van der Waals surface area contributed by atoms with Crippen LogP contribution in [-0.4, -0.2) is 32.2 Å². The van der Waals surface area contributed by atoms with Crippen molar-refractivity contribution in [3.05, 3.63) is 36.0 Å². The molecule has 1 aromatic heterocycles. The van der Waals surface area contributed by atoms with E-state index in [0.29, 0.717) is 0 Å². The lowest BCUT2D eigenvalue weighted by molar-refractivity contribution is -0.856. The molecular formula is C14H20N3+. The Morgan fingerprint density at radius 2 is 2.00 bits per heavy atom. The Hall–Kier alpha value is -1.61. The van der Waals surface area contributed by atoms with Gasteiger partial charge in [0.15, 0.2) is 0 Å². The lowest BCUT2D eigenvalue weighted by Crippen LogP contribution is -3.06. The maximum absolute atomic E-state index is 4.53. The molecule has 2 N–H and O–H groups in total. The summed E-state index contributed by atoms with van der Waals surface area (Å²) in [5, 5.41) is 4.70. The topological polar surface area (TPSA) is 29.4 Å². The Kier molecular flexibility index (Phi) is 3.59. The van der Waals surface area contributed by atoms with Gasteiger partial charge in [-0.3, -0.25) is 4.98 Å². The fraction of sp³-hybridized carbons (Fsp3) is 0.357. The Bertz CT molecular complexity index is 506. The maximum atomic E-state index is 4.53. The molecule has 0 bridgehead atoms. The quantitative estimate of drug-likeness (QED) is 0.823. The van der Waals surface area contributed by atoms with Crippen molar-refractivity contribution in [2.24, 2.45) is 0 Å². The number of pyridine rings is 1. The van der Waals surface area contributed by atoms with Crippen molar-refractivity contribution in [1.29, 1.82) is 0 Å². The van der Waals surface area contributed by atoms with Crippen molar-refractivity contribution in [3.8, 4) is 0 Å². The van der Waals surface area contributed by atoms with Crippen LogP contribution in [0.15, 0.2) is 30.3 Å². The van der Waals surface area contributed by atoms with Crippen LogP contribution in [-0.2, 0) is 0 Å². The third kappa shape index (κ3) is 2.94. The molecule has 0 radical (unpaired) electrons. The normalized spacial score (nSPS) is 11.1. The largest absolute Gasteiger partial charge is 0.379 e. The molecule has 2 rings (SSSR count). The minimum atomic E-state index is 0.982. The Balaban J connectivity index is 2.26. The fourth-order valence-corrected chi connectivity index (χ4v) is 1.90. The molecule has 0 fully saturated rings. The SMILES string of the molecule is Cc1cc(NCC[NH+](C)C)c2ccccc2n1. The van der Waals surface area contributed by atoms with Crippen LogP contribution in [0.25, 0.3) is 10.9 Å². The number of aryl methyl sites for hydroxylation is 1. The Morgan fingerprint density at radius 3 is 2.76 bits per heavy atom. The van der Waals surface area contributed by atoms with Gasteiger partial charge in [-0.05, 0) is 19.1 Å². The first-order chi connectivity index (χ1) is 8.16. The van der Waals surface area contributed by atoms with Crippen LogP contribution in [0.4, 0.5) is 5.69 Å². The molecule has 3 heteroatoms. The molecule has 17 heavy (non-hydrogen) atoms. The van der Waals surface area contributed by atoms with E-state index < -0.39 is 0 Å². The third-order valence-electron chi connectivity index (χ3n) is 2.78. The third-order valence-corrected chi connectivity index (χ3v) is 2.78. The number of aromatic nitrogens is 1. The molecule has 2 aromatic rings. The highest BCUT2D eigenvalue weighted by Gasteiger charge is 2.03. The molecule has 3 nitrogen and oxygen atoms in total. The first-order valence-electron chi connectivity index (χ1n) is 6.06. The zero-order valence-electron chi connectivity index (χ0n) is 10.7. The molecule has 0 aliphatic heterocycles. The van der Waals surface area contributed by atoms with Crippen molar-refractivity contribution >= 4 is 16.6 Å². The second kappa shape index (κ2) is 5.15. The van der Waals surface area contributed by atoms with Crippen LogP contribution in [0.1, 0.15) is 5.69 Å². The van der Waals surface area contributed by atoms with E-state index >= 15 is 0 Å². The summed E-state index contributed by atoms with van der Waals surface area (Å²) >= 11 is 0. The van der Waals surface area contributed by atoms with E-state index in [1.165, 1.54) is 16.0 Å². The van der Waals surface area contributed by atoms with E-state index in [1.54, 1.807) is 0 Å². The zero-order valence-corrected chi connectivity index (χ0v) is 10.7. The second-order valence-corrected chi connectivity index (χ2v) is 4.71. The highest BCUT2D eigenvalue weighted by atomic mass is 15.1. The van der Waals surface area contributed by atoms with Crippen LogP contribution in [0.2, 0.25) is 0 Å². The summed E-state index contributed by atoms with van der Waals surface area (Å²) in [6.45, 7) is 4.13. The molecule has 0 aliphatic rings. The van der Waals surface area contributed by atoms with E-state index in [-0.39, 0.29) is 0 Å². The highest BCUT2D eigenvalue weighted by Crippen LogP contribution is 2.22.